The van der Waals surface area contributed by atoms with E-state index < -0.39 is 23.7 Å². The highest BCUT2D eigenvalue weighted by Gasteiger charge is 2.56. The molecule has 6 rings (SSSR count). The molecule has 8 heteroatoms. The standard InChI is InChI=1S/C30H24BrNO6/c1-14-11-24(34)22-13-20-18(25(27(22)28(14)35)21-12-17(38-2)7-10-23(21)33)8-9-19-26(20)30(37)32(29(19)36)16-5-3-15(31)4-6-16/h3-8,10-12,19-20,25-26,33H,9,13H2,1-2H3/t19-,20+,25+,26-/m0/s1. The Hall–Kier alpha value is -3.78. The van der Waals surface area contributed by atoms with E-state index in [4.69, 9.17) is 4.74 Å². The smallest absolute Gasteiger partial charge is 0.238 e. The third-order valence-electron chi connectivity index (χ3n) is 8.20. The van der Waals surface area contributed by atoms with E-state index in [1.807, 2.05) is 6.08 Å². The van der Waals surface area contributed by atoms with Crippen molar-refractivity contribution in [3.63, 3.8) is 0 Å². The summed E-state index contributed by atoms with van der Waals surface area (Å²) in [4.78, 5) is 55.4. The molecule has 1 heterocycles. The molecule has 4 aliphatic rings. The second-order valence-corrected chi connectivity index (χ2v) is 11.1. The van der Waals surface area contributed by atoms with E-state index in [1.54, 1.807) is 43.3 Å². The molecule has 0 spiro atoms. The monoisotopic (exact) mass is 573 g/mol. The van der Waals surface area contributed by atoms with Crippen LogP contribution in [0.15, 0.2) is 81.4 Å². The third-order valence-corrected chi connectivity index (χ3v) is 8.72. The normalized spacial score (nSPS) is 26.6. The number of phenolic OH excluding ortho intramolecular Hbond substituents is 1. The molecule has 1 saturated heterocycles. The lowest BCUT2D eigenvalue weighted by molar-refractivity contribution is -0.123. The predicted octanol–water partition coefficient (Wildman–Crippen LogP) is 4.80. The first-order chi connectivity index (χ1) is 18.2. The molecule has 2 aromatic rings. The molecular weight excluding hydrogens is 550 g/mol. The first-order valence-electron chi connectivity index (χ1n) is 12.4. The molecule has 3 aliphatic carbocycles. The summed E-state index contributed by atoms with van der Waals surface area (Å²) >= 11 is 3.39. The Morgan fingerprint density at radius 2 is 1.74 bits per heavy atom. The molecule has 1 fully saturated rings. The van der Waals surface area contributed by atoms with Crippen LogP contribution in [0.1, 0.15) is 31.2 Å². The second kappa shape index (κ2) is 8.91. The number of amides is 2. The highest BCUT2D eigenvalue weighted by Crippen LogP contribution is 2.56. The molecule has 0 bridgehead atoms. The summed E-state index contributed by atoms with van der Waals surface area (Å²) in [6.45, 7) is 1.61. The molecule has 0 radical (unpaired) electrons. The third kappa shape index (κ3) is 3.54. The van der Waals surface area contributed by atoms with Crippen LogP contribution < -0.4 is 9.64 Å². The van der Waals surface area contributed by atoms with Crippen LogP contribution >= 0.6 is 15.9 Å². The number of imide groups is 1. The van der Waals surface area contributed by atoms with Gasteiger partial charge in [0.15, 0.2) is 11.6 Å². The number of rotatable bonds is 3. The summed E-state index contributed by atoms with van der Waals surface area (Å²) in [6.07, 6.45) is 3.79. The number of benzene rings is 2. The average Bonchev–Trinajstić information content (AvgIpc) is 3.17. The van der Waals surface area contributed by atoms with Gasteiger partial charge in [-0.3, -0.25) is 24.1 Å². The fraction of sp³-hybridized carbons (Fsp3) is 0.267. The van der Waals surface area contributed by atoms with Gasteiger partial charge in [0.1, 0.15) is 11.5 Å². The molecule has 1 aliphatic heterocycles. The molecule has 38 heavy (non-hydrogen) atoms. The number of halogens is 1. The van der Waals surface area contributed by atoms with Crippen molar-refractivity contribution in [3.8, 4) is 11.5 Å². The van der Waals surface area contributed by atoms with E-state index in [9.17, 15) is 24.3 Å². The summed E-state index contributed by atoms with van der Waals surface area (Å²) in [6, 6.07) is 11.8. The SMILES string of the molecule is COc1ccc(O)c([C@H]2C3=CC[C@@H]4C(=O)N(c5ccc(Br)cc5)C(=O)[C@@H]4[C@@H]3CC3=C2C(=O)C(C)=CC3=O)c1. The van der Waals surface area contributed by atoms with Crippen molar-refractivity contribution in [3.05, 3.63) is 86.9 Å². The molecule has 0 unspecified atom stereocenters. The Kier molecular flexibility index (Phi) is 5.76. The predicted molar refractivity (Wildman–Crippen MR) is 143 cm³/mol. The fourth-order valence-corrected chi connectivity index (χ4v) is 6.72. The maximum absolute atomic E-state index is 13.9. The van der Waals surface area contributed by atoms with Crippen LogP contribution in [-0.2, 0) is 19.2 Å². The van der Waals surface area contributed by atoms with Crippen molar-refractivity contribution < 1.29 is 29.0 Å². The molecule has 1 N–H and O–H groups in total. The van der Waals surface area contributed by atoms with E-state index in [1.165, 1.54) is 24.2 Å². The Balaban J connectivity index is 1.50. The van der Waals surface area contributed by atoms with Crippen LogP contribution in [0.2, 0.25) is 0 Å². The van der Waals surface area contributed by atoms with Gasteiger partial charge in [0, 0.05) is 32.7 Å². The number of aromatic hydroxyl groups is 1. The van der Waals surface area contributed by atoms with Crippen molar-refractivity contribution in [2.75, 3.05) is 12.0 Å². The minimum Gasteiger partial charge on any atom is -0.508 e. The van der Waals surface area contributed by atoms with Crippen molar-refractivity contribution in [1.29, 1.82) is 0 Å². The number of hydrogen-bond donors (Lipinski definition) is 1. The van der Waals surface area contributed by atoms with Gasteiger partial charge in [-0.1, -0.05) is 27.6 Å². The Bertz CT molecular complexity index is 1530. The molecule has 7 nitrogen and oxygen atoms in total. The summed E-state index contributed by atoms with van der Waals surface area (Å²) in [5.74, 6) is -3.08. The van der Waals surface area contributed by atoms with Crippen LogP contribution in [0.4, 0.5) is 5.69 Å². The molecule has 192 valence electrons. The van der Waals surface area contributed by atoms with Gasteiger partial charge in [-0.05, 0) is 74.2 Å². The van der Waals surface area contributed by atoms with Crippen molar-refractivity contribution >= 4 is 45.0 Å². The number of carbonyl (C=O) groups excluding carboxylic acids is 4. The number of hydrogen-bond acceptors (Lipinski definition) is 6. The maximum Gasteiger partial charge on any atom is 0.238 e. The zero-order valence-corrected chi connectivity index (χ0v) is 22.3. The minimum atomic E-state index is -0.732. The first-order valence-corrected chi connectivity index (χ1v) is 13.2. The summed E-state index contributed by atoms with van der Waals surface area (Å²) in [5.41, 5.74) is 2.73. The van der Waals surface area contributed by atoms with E-state index >= 15 is 0 Å². The highest BCUT2D eigenvalue weighted by atomic mass is 79.9. The van der Waals surface area contributed by atoms with Gasteiger partial charge in [0.05, 0.1) is 24.6 Å². The summed E-state index contributed by atoms with van der Waals surface area (Å²) in [7, 11) is 1.51. The number of ketones is 2. The molecule has 4 atom stereocenters. The van der Waals surface area contributed by atoms with Gasteiger partial charge in [-0.25, -0.2) is 0 Å². The number of carbonyl (C=O) groups is 4. The Labute approximate surface area is 227 Å². The van der Waals surface area contributed by atoms with Gasteiger partial charge >= 0.3 is 0 Å². The van der Waals surface area contributed by atoms with Gasteiger partial charge in [-0.15, -0.1) is 0 Å². The second-order valence-electron chi connectivity index (χ2n) is 10.1. The zero-order chi connectivity index (χ0) is 26.9. The number of methoxy groups -OCH3 is 1. The van der Waals surface area contributed by atoms with Gasteiger partial charge in [0.2, 0.25) is 11.8 Å². The Morgan fingerprint density at radius 1 is 1.00 bits per heavy atom. The van der Waals surface area contributed by atoms with Crippen LogP contribution in [0, 0.1) is 17.8 Å². The van der Waals surface area contributed by atoms with Crippen LogP contribution in [0.25, 0.3) is 0 Å². The lowest BCUT2D eigenvalue weighted by atomic mass is 9.59. The number of Topliss-reactive ketones (excluding diaryl/α,β-unsaturated/α-hetero) is 1. The van der Waals surface area contributed by atoms with Crippen molar-refractivity contribution in [1.82, 2.24) is 0 Å². The minimum absolute atomic E-state index is 0.0379. The highest BCUT2D eigenvalue weighted by molar-refractivity contribution is 9.10. The first kappa shape index (κ1) is 24.6. The van der Waals surface area contributed by atoms with Gasteiger partial charge in [-0.2, -0.15) is 0 Å². The van der Waals surface area contributed by atoms with Gasteiger partial charge in [0.25, 0.3) is 0 Å². The molecule has 0 aromatic heterocycles. The number of fused-ring (bicyclic) bond motifs is 3. The van der Waals surface area contributed by atoms with Crippen LogP contribution in [-0.4, -0.2) is 35.6 Å². The topological polar surface area (TPSA) is 101 Å². The lowest BCUT2D eigenvalue weighted by Crippen LogP contribution is -2.39. The zero-order valence-electron chi connectivity index (χ0n) is 20.7. The molecule has 2 aromatic carbocycles. The number of nitrogens with zero attached hydrogens (tertiary/aromatic N) is 1. The molecule has 0 saturated carbocycles. The quantitative estimate of drug-likeness (QED) is 0.321. The van der Waals surface area contributed by atoms with E-state index in [0.29, 0.717) is 40.1 Å². The molecule has 2 amide bonds. The van der Waals surface area contributed by atoms with E-state index in [2.05, 4.69) is 15.9 Å². The number of anilines is 1. The van der Waals surface area contributed by atoms with Crippen LogP contribution in [0.3, 0.4) is 0 Å². The largest absolute Gasteiger partial charge is 0.508 e. The molecular formula is C30H24BrNO6. The number of phenols is 1. The summed E-state index contributed by atoms with van der Waals surface area (Å²) < 4.78 is 6.23. The number of allylic oxidation sites excluding steroid dienone is 6. The van der Waals surface area contributed by atoms with Crippen molar-refractivity contribution in [2.45, 2.75) is 25.7 Å². The summed E-state index contributed by atoms with van der Waals surface area (Å²) in [5, 5.41) is 10.9. The number of ether oxygens (including phenoxy) is 1. The average molecular weight is 574 g/mol. The lowest BCUT2D eigenvalue weighted by Gasteiger charge is -2.42. The van der Waals surface area contributed by atoms with Gasteiger partial charge < -0.3 is 9.84 Å². The van der Waals surface area contributed by atoms with E-state index in [0.717, 1.165) is 10.0 Å². The Morgan fingerprint density at radius 3 is 2.45 bits per heavy atom. The van der Waals surface area contributed by atoms with Crippen molar-refractivity contribution in [2.24, 2.45) is 17.8 Å². The van der Waals surface area contributed by atoms with Crippen LogP contribution in [0.5, 0.6) is 11.5 Å². The van der Waals surface area contributed by atoms with E-state index in [-0.39, 0.29) is 35.6 Å². The maximum atomic E-state index is 13.9. The fourth-order valence-electron chi connectivity index (χ4n) is 6.45.